The van der Waals surface area contributed by atoms with Crippen LogP contribution in [0, 0.1) is 11.6 Å². The van der Waals surface area contributed by atoms with Gasteiger partial charge in [-0.15, -0.1) is 0 Å². The molecule has 2 aromatic rings. The number of likely N-dealkylation sites (N-methyl/N-ethyl adjacent to an activating group) is 1. The van der Waals surface area contributed by atoms with E-state index in [4.69, 9.17) is 16.3 Å². The molecule has 3 unspecified atom stereocenters. The summed E-state index contributed by atoms with van der Waals surface area (Å²) in [5, 5.41) is 9.70. The molecular formula is C20H20ClF2N3O4S. The lowest BCUT2D eigenvalue weighted by Gasteiger charge is -2.45. The molecule has 0 saturated carbocycles. The van der Waals surface area contributed by atoms with E-state index in [1.54, 1.807) is 5.48 Å². The van der Waals surface area contributed by atoms with Gasteiger partial charge in [0.15, 0.2) is 17.4 Å². The quantitative estimate of drug-likeness (QED) is 0.517. The molecule has 2 heterocycles. The van der Waals surface area contributed by atoms with Crippen molar-refractivity contribution in [3.63, 3.8) is 0 Å². The van der Waals surface area contributed by atoms with E-state index in [2.05, 4.69) is 0 Å². The number of benzene rings is 2. The number of hydrogen-bond acceptors (Lipinski definition) is 5. The van der Waals surface area contributed by atoms with E-state index in [-0.39, 0.29) is 23.2 Å². The number of amides is 1. The lowest BCUT2D eigenvalue weighted by molar-refractivity contribution is -0.141. The number of nitrogens with zero attached hydrogens (tertiary/aromatic N) is 2. The highest BCUT2D eigenvalue weighted by molar-refractivity contribution is 7.82. The molecule has 0 aliphatic carbocycles. The van der Waals surface area contributed by atoms with Crippen LogP contribution < -0.4 is 10.2 Å². The van der Waals surface area contributed by atoms with Crippen molar-refractivity contribution in [1.29, 1.82) is 0 Å². The second kappa shape index (κ2) is 8.44. The van der Waals surface area contributed by atoms with Gasteiger partial charge < -0.3 is 9.64 Å². The molecule has 2 aromatic carbocycles. The maximum atomic E-state index is 14.7. The zero-order valence-corrected chi connectivity index (χ0v) is 18.1. The summed E-state index contributed by atoms with van der Waals surface area (Å²) in [4.78, 5) is 14.3. The van der Waals surface area contributed by atoms with Crippen molar-refractivity contribution >= 4 is 28.5 Å². The average Bonchev–Trinajstić information content (AvgIpc) is 2.99. The Morgan fingerprint density at radius 1 is 1.29 bits per heavy atom. The Labute approximate surface area is 185 Å². The number of hydrogen-bond donors (Lipinski definition) is 2. The van der Waals surface area contributed by atoms with E-state index in [1.807, 2.05) is 11.9 Å². The van der Waals surface area contributed by atoms with Gasteiger partial charge in [0.1, 0.15) is 22.3 Å². The number of hydroxylamine groups is 1. The molecule has 166 valence electrons. The highest BCUT2D eigenvalue weighted by atomic mass is 35.5. The first-order valence-corrected chi connectivity index (χ1v) is 11.0. The van der Waals surface area contributed by atoms with Crippen LogP contribution in [0.3, 0.4) is 0 Å². The number of halogens is 3. The van der Waals surface area contributed by atoms with Gasteiger partial charge in [0, 0.05) is 24.2 Å². The fraction of sp³-hybridized carbons (Fsp3) is 0.350. The molecule has 2 aliphatic heterocycles. The van der Waals surface area contributed by atoms with Crippen molar-refractivity contribution in [2.24, 2.45) is 0 Å². The summed E-state index contributed by atoms with van der Waals surface area (Å²) in [5.74, 6) is -3.20. The van der Waals surface area contributed by atoms with Crippen LogP contribution in [0.4, 0.5) is 8.78 Å². The van der Waals surface area contributed by atoms with E-state index in [9.17, 15) is 23.0 Å². The number of carbonyl (C=O) groups excluding carboxylic acids is 1. The molecule has 0 spiro atoms. The van der Waals surface area contributed by atoms with Crippen molar-refractivity contribution in [2.75, 3.05) is 20.1 Å². The highest BCUT2D eigenvalue weighted by Gasteiger charge is 2.58. The zero-order valence-electron chi connectivity index (χ0n) is 16.5. The largest absolute Gasteiger partial charge is 0.451 e. The van der Waals surface area contributed by atoms with E-state index in [0.29, 0.717) is 24.4 Å². The summed E-state index contributed by atoms with van der Waals surface area (Å²) >= 11 is 5.80. The van der Waals surface area contributed by atoms with Gasteiger partial charge in [-0.2, -0.15) is 4.31 Å². The maximum absolute atomic E-state index is 14.7. The van der Waals surface area contributed by atoms with E-state index in [1.165, 1.54) is 28.6 Å². The molecule has 1 amide bonds. The Morgan fingerprint density at radius 2 is 1.94 bits per heavy atom. The normalized spacial score (nSPS) is 24.7. The molecular weight excluding hydrogens is 452 g/mol. The topological polar surface area (TPSA) is 82.1 Å². The second-order valence-electron chi connectivity index (χ2n) is 7.71. The molecule has 0 aromatic heterocycles. The molecule has 2 fully saturated rings. The van der Waals surface area contributed by atoms with Gasteiger partial charge in [0.25, 0.3) is 5.91 Å². The third-order valence-electron chi connectivity index (χ3n) is 5.61. The van der Waals surface area contributed by atoms with Gasteiger partial charge in [-0.1, -0.05) is 11.6 Å². The molecule has 2 saturated heterocycles. The van der Waals surface area contributed by atoms with Gasteiger partial charge in [-0.3, -0.25) is 10.0 Å². The molecule has 0 radical (unpaired) electrons. The number of nitrogens with one attached hydrogen (secondary N) is 1. The molecule has 7 nitrogen and oxygen atoms in total. The van der Waals surface area contributed by atoms with Crippen LogP contribution in [-0.2, 0) is 15.8 Å². The third kappa shape index (κ3) is 3.94. The lowest BCUT2D eigenvalue weighted by atomic mass is 9.96. The highest BCUT2D eigenvalue weighted by Crippen LogP contribution is 2.42. The zero-order chi connectivity index (χ0) is 22.3. The smallest absolute Gasteiger partial charge is 0.266 e. The van der Waals surface area contributed by atoms with Gasteiger partial charge in [0.05, 0.1) is 4.90 Å². The van der Waals surface area contributed by atoms with E-state index < -0.39 is 39.8 Å². The van der Waals surface area contributed by atoms with Crippen molar-refractivity contribution < 1.29 is 27.7 Å². The predicted molar refractivity (Wildman–Crippen MR) is 109 cm³/mol. The number of rotatable bonds is 5. The standard InChI is InChI=1S/C20H20ClF2N3O4S/c1-25-10-13-6-7-20(11-25,19(27)24-28)26(13)31(29)15-8-16(22)18(17(23)9-15)30-14-4-2-12(21)3-5-14/h2-5,8-9,13,28H,6-7,10-11H2,1H3,(H,24,27). The van der Waals surface area contributed by atoms with E-state index >= 15 is 0 Å². The molecule has 2 aliphatic rings. The van der Waals surface area contributed by atoms with E-state index in [0.717, 1.165) is 12.1 Å². The van der Waals surface area contributed by atoms with Crippen LogP contribution in [0.25, 0.3) is 0 Å². The number of fused-ring (bicyclic) bond motifs is 2. The molecule has 2 N–H and O–H groups in total. The molecule has 3 atom stereocenters. The van der Waals surface area contributed by atoms with Gasteiger partial charge >= 0.3 is 0 Å². The first-order valence-electron chi connectivity index (χ1n) is 9.52. The molecule has 31 heavy (non-hydrogen) atoms. The summed E-state index contributed by atoms with van der Waals surface area (Å²) in [6, 6.07) is 7.57. The summed E-state index contributed by atoms with van der Waals surface area (Å²) in [5.41, 5.74) is 0.393. The molecule has 2 bridgehead atoms. The fourth-order valence-corrected chi connectivity index (χ4v) is 6.07. The van der Waals surface area contributed by atoms with Gasteiger partial charge in [-0.05, 0) is 56.3 Å². The molecule has 11 heteroatoms. The summed E-state index contributed by atoms with van der Waals surface area (Å²) in [7, 11) is -0.221. The number of likely N-dealkylation sites (tertiary alicyclic amines) is 1. The summed E-state index contributed by atoms with van der Waals surface area (Å²) in [6.07, 6.45) is 0.926. The number of ether oxygens (including phenoxy) is 1. The van der Waals surface area contributed by atoms with Crippen molar-refractivity contribution in [3.05, 3.63) is 53.1 Å². The Bertz CT molecular complexity index is 1020. The lowest BCUT2D eigenvalue weighted by Crippen LogP contribution is -2.66. The monoisotopic (exact) mass is 471 g/mol. The fourth-order valence-electron chi connectivity index (χ4n) is 4.32. The Morgan fingerprint density at radius 3 is 2.55 bits per heavy atom. The average molecular weight is 472 g/mol. The first-order chi connectivity index (χ1) is 14.7. The van der Waals surface area contributed by atoms with Crippen LogP contribution in [0.15, 0.2) is 41.3 Å². The van der Waals surface area contributed by atoms with Crippen molar-refractivity contribution in [3.8, 4) is 11.5 Å². The maximum Gasteiger partial charge on any atom is 0.266 e. The number of carbonyl (C=O) groups is 1. The Hall–Kier alpha value is -2.11. The predicted octanol–water partition coefficient (Wildman–Crippen LogP) is 3.09. The van der Waals surface area contributed by atoms with Crippen molar-refractivity contribution in [2.45, 2.75) is 29.3 Å². The van der Waals surface area contributed by atoms with Crippen LogP contribution in [-0.4, -0.2) is 56.2 Å². The number of piperazine rings is 1. The van der Waals surface area contributed by atoms with Crippen LogP contribution in [0.1, 0.15) is 12.8 Å². The van der Waals surface area contributed by atoms with Crippen molar-refractivity contribution in [1.82, 2.24) is 14.7 Å². The van der Waals surface area contributed by atoms with Gasteiger partial charge in [0.2, 0.25) is 0 Å². The third-order valence-corrected chi connectivity index (χ3v) is 7.50. The minimum atomic E-state index is -2.04. The minimum absolute atomic E-state index is 0.134. The summed E-state index contributed by atoms with van der Waals surface area (Å²) < 4.78 is 49.6. The Balaban J connectivity index is 1.66. The van der Waals surface area contributed by atoms with Crippen LogP contribution in [0.5, 0.6) is 11.5 Å². The second-order valence-corrected chi connectivity index (χ2v) is 9.51. The Kier molecular flexibility index (Phi) is 6.01. The minimum Gasteiger partial charge on any atom is -0.451 e. The SMILES string of the molecule is CN1CC2CCC(C(=O)NO)(C1)N2S(=O)c1cc(F)c(Oc2ccc(Cl)cc2)c(F)c1. The van der Waals surface area contributed by atoms with Crippen LogP contribution in [0.2, 0.25) is 5.02 Å². The molecule has 4 rings (SSSR count). The van der Waals surface area contributed by atoms with Gasteiger partial charge in [-0.25, -0.2) is 18.5 Å². The first kappa shape index (κ1) is 22.1. The summed E-state index contributed by atoms with van der Waals surface area (Å²) in [6.45, 7) is 0.763. The van der Waals surface area contributed by atoms with Crippen LogP contribution >= 0.6 is 11.6 Å².